The Bertz CT molecular complexity index is 537. The molecule has 0 radical (unpaired) electrons. The minimum atomic E-state index is 0.176. The van der Waals surface area contributed by atoms with Gasteiger partial charge in [0, 0.05) is 13.1 Å². The molecular weight excluding hydrogens is 256 g/mol. The van der Waals surface area contributed by atoms with Crippen LogP contribution in [0, 0.1) is 12.8 Å². The van der Waals surface area contributed by atoms with Gasteiger partial charge in [0.25, 0.3) is 0 Å². The van der Waals surface area contributed by atoms with E-state index in [0.29, 0.717) is 17.6 Å². The summed E-state index contributed by atoms with van der Waals surface area (Å²) in [6.45, 7) is 7.01. The molecule has 1 saturated heterocycles. The molecule has 0 bridgehead atoms. The number of rotatable bonds is 4. The van der Waals surface area contributed by atoms with Crippen molar-refractivity contribution in [3.8, 4) is 0 Å². The molecule has 2 aromatic heterocycles. The fraction of sp³-hybridized carbons (Fsp3) is 0.692. The van der Waals surface area contributed by atoms with Gasteiger partial charge in [-0.1, -0.05) is 5.16 Å². The highest BCUT2D eigenvalue weighted by molar-refractivity contribution is 4.92. The molecule has 20 heavy (non-hydrogen) atoms. The minimum absolute atomic E-state index is 0.176. The van der Waals surface area contributed by atoms with Crippen LogP contribution < -0.4 is 0 Å². The number of piperidine rings is 1. The minimum Gasteiger partial charge on any atom is -0.338 e. The average Bonchev–Trinajstić information content (AvgIpc) is 3.10. The first-order valence-corrected chi connectivity index (χ1v) is 7.09. The van der Waals surface area contributed by atoms with Crippen molar-refractivity contribution in [1.29, 1.82) is 0 Å². The normalized spacial score (nSPS) is 22.0. The Kier molecular flexibility index (Phi) is 3.77. The average molecular weight is 276 g/mol. The van der Waals surface area contributed by atoms with Gasteiger partial charge in [0.15, 0.2) is 5.82 Å². The Morgan fingerprint density at radius 3 is 3.10 bits per heavy atom. The molecule has 3 heterocycles. The second kappa shape index (κ2) is 5.70. The second-order valence-electron chi connectivity index (χ2n) is 5.48. The summed E-state index contributed by atoms with van der Waals surface area (Å²) < 4.78 is 7.20. The van der Waals surface area contributed by atoms with Crippen molar-refractivity contribution in [2.24, 2.45) is 5.92 Å². The summed E-state index contributed by atoms with van der Waals surface area (Å²) in [4.78, 5) is 10.8. The van der Waals surface area contributed by atoms with Crippen molar-refractivity contribution in [3.63, 3.8) is 0 Å². The van der Waals surface area contributed by atoms with E-state index in [9.17, 15) is 0 Å². The maximum atomic E-state index is 5.29. The molecule has 0 unspecified atom stereocenters. The van der Waals surface area contributed by atoms with Crippen molar-refractivity contribution < 1.29 is 4.52 Å². The number of nitrogens with zero attached hydrogens (tertiary/aromatic N) is 6. The summed E-state index contributed by atoms with van der Waals surface area (Å²) in [7, 11) is 0. The molecule has 1 aliphatic rings. The van der Waals surface area contributed by atoms with Gasteiger partial charge >= 0.3 is 0 Å². The number of likely N-dealkylation sites (tertiary alicyclic amines) is 1. The molecule has 2 atom stereocenters. The summed E-state index contributed by atoms with van der Waals surface area (Å²) in [5.41, 5.74) is 0. The Labute approximate surface area is 118 Å². The largest absolute Gasteiger partial charge is 0.338 e. The van der Waals surface area contributed by atoms with E-state index < -0.39 is 0 Å². The van der Waals surface area contributed by atoms with Crippen LogP contribution in [0.5, 0.6) is 0 Å². The molecule has 1 fully saturated rings. The van der Waals surface area contributed by atoms with Gasteiger partial charge < -0.3 is 4.52 Å². The van der Waals surface area contributed by atoms with Crippen LogP contribution in [-0.4, -0.2) is 42.9 Å². The highest BCUT2D eigenvalue weighted by Gasteiger charge is 2.27. The van der Waals surface area contributed by atoms with Gasteiger partial charge in [0.2, 0.25) is 5.89 Å². The lowest BCUT2D eigenvalue weighted by molar-refractivity contribution is 0.102. The third-order valence-corrected chi connectivity index (χ3v) is 3.91. The lowest BCUT2D eigenvalue weighted by atomic mass is 9.97. The molecule has 7 nitrogen and oxygen atoms in total. The van der Waals surface area contributed by atoms with E-state index in [4.69, 9.17) is 4.52 Å². The molecule has 2 aromatic rings. The lowest BCUT2D eigenvalue weighted by Crippen LogP contribution is -2.38. The van der Waals surface area contributed by atoms with E-state index in [0.717, 1.165) is 19.6 Å². The summed E-state index contributed by atoms with van der Waals surface area (Å²) in [6.07, 6.45) is 5.79. The van der Waals surface area contributed by atoms with Crippen LogP contribution in [0.3, 0.4) is 0 Å². The van der Waals surface area contributed by atoms with Gasteiger partial charge in [-0.2, -0.15) is 10.1 Å². The maximum absolute atomic E-state index is 5.29. The van der Waals surface area contributed by atoms with Crippen molar-refractivity contribution in [3.05, 3.63) is 24.4 Å². The van der Waals surface area contributed by atoms with Gasteiger partial charge in [-0.05, 0) is 39.2 Å². The van der Waals surface area contributed by atoms with Gasteiger partial charge in [-0.3, -0.25) is 9.58 Å². The molecule has 0 N–H and O–H groups in total. The number of aryl methyl sites for hydroxylation is 1. The first kappa shape index (κ1) is 13.2. The third-order valence-electron chi connectivity index (χ3n) is 3.91. The molecule has 0 aliphatic carbocycles. The van der Waals surface area contributed by atoms with Crippen LogP contribution >= 0.6 is 0 Å². The van der Waals surface area contributed by atoms with E-state index in [1.807, 2.05) is 11.6 Å². The lowest BCUT2D eigenvalue weighted by Gasteiger charge is -2.35. The van der Waals surface area contributed by atoms with Gasteiger partial charge in [-0.15, -0.1) is 0 Å². The Balaban J connectivity index is 1.62. The summed E-state index contributed by atoms with van der Waals surface area (Å²) >= 11 is 0. The monoisotopic (exact) mass is 276 g/mol. The zero-order valence-corrected chi connectivity index (χ0v) is 11.9. The maximum Gasteiger partial charge on any atom is 0.243 e. The molecule has 0 amide bonds. The molecule has 7 heteroatoms. The molecule has 1 aliphatic heterocycles. The van der Waals surface area contributed by atoms with Gasteiger partial charge in [-0.25, -0.2) is 4.98 Å². The summed E-state index contributed by atoms with van der Waals surface area (Å²) in [6, 6.07) is 0.176. The fourth-order valence-electron chi connectivity index (χ4n) is 2.83. The highest BCUT2D eigenvalue weighted by Crippen LogP contribution is 2.26. The quantitative estimate of drug-likeness (QED) is 0.841. The van der Waals surface area contributed by atoms with Gasteiger partial charge in [0.1, 0.15) is 12.7 Å². The predicted molar refractivity (Wildman–Crippen MR) is 71.8 cm³/mol. The standard InChI is InChI=1S/C13H20N6O/c1-10(13-16-11(2)17-20-13)18-5-3-4-12(6-18)7-19-9-14-8-15-19/h8-10,12H,3-7H2,1-2H3/t10-,12-/m0/s1. The number of hydrogen-bond acceptors (Lipinski definition) is 6. The van der Waals surface area contributed by atoms with E-state index in [1.165, 1.54) is 12.8 Å². The predicted octanol–water partition coefficient (Wildman–Crippen LogP) is 1.44. The van der Waals surface area contributed by atoms with Crippen molar-refractivity contribution in [1.82, 2.24) is 29.8 Å². The Morgan fingerprint density at radius 2 is 2.40 bits per heavy atom. The zero-order valence-electron chi connectivity index (χ0n) is 11.9. The smallest absolute Gasteiger partial charge is 0.243 e. The van der Waals surface area contributed by atoms with Crippen LogP contribution in [0.1, 0.15) is 37.5 Å². The topological polar surface area (TPSA) is 72.9 Å². The Morgan fingerprint density at radius 1 is 1.50 bits per heavy atom. The van der Waals surface area contributed by atoms with E-state index >= 15 is 0 Å². The molecule has 0 aromatic carbocycles. The van der Waals surface area contributed by atoms with Crippen LogP contribution in [0.4, 0.5) is 0 Å². The molecule has 0 saturated carbocycles. The fourth-order valence-corrected chi connectivity index (χ4v) is 2.83. The summed E-state index contributed by atoms with van der Waals surface area (Å²) in [5.74, 6) is 2.00. The Hall–Kier alpha value is -1.76. The van der Waals surface area contributed by atoms with Crippen molar-refractivity contribution in [2.75, 3.05) is 13.1 Å². The third kappa shape index (κ3) is 2.87. The second-order valence-corrected chi connectivity index (χ2v) is 5.48. The first-order chi connectivity index (χ1) is 9.72. The SMILES string of the molecule is Cc1noc([C@H](C)N2CCC[C@H](Cn3cncn3)C2)n1. The summed E-state index contributed by atoms with van der Waals surface area (Å²) in [5, 5.41) is 8.07. The van der Waals surface area contributed by atoms with Crippen LogP contribution in [0.25, 0.3) is 0 Å². The van der Waals surface area contributed by atoms with E-state index in [1.54, 1.807) is 12.7 Å². The van der Waals surface area contributed by atoms with E-state index in [-0.39, 0.29) is 6.04 Å². The first-order valence-electron chi connectivity index (χ1n) is 7.09. The van der Waals surface area contributed by atoms with Crippen LogP contribution in [0.2, 0.25) is 0 Å². The molecule has 0 spiro atoms. The zero-order chi connectivity index (χ0) is 13.9. The van der Waals surface area contributed by atoms with Crippen molar-refractivity contribution in [2.45, 2.75) is 39.3 Å². The number of aromatic nitrogens is 5. The van der Waals surface area contributed by atoms with E-state index in [2.05, 4.69) is 32.0 Å². The van der Waals surface area contributed by atoms with Crippen molar-refractivity contribution >= 4 is 0 Å². The molecule has 3 rings (SSSR count). The number of hydrogen-bond donors (Lipinski definition) is 0. The molecular formula is C13H20N6O. The molecule has 108 valence electrons. The van der Waals surface area contributed by atoms with Gasteiger partial charge in [0.05, 0.1) is 6.04 Å². The van der Waals surface area contributed by atoms with Crippen LogP contribution in [-0.2, 0) is 6.54 Å². The van der Waals surface area contributed by atoms with Crippen LogP contribution in [0.15, 0.2) is 17.2 Å². The highest BCUT2D eigenvalue weighted by atomic mass is 16.5.